The minimum atomic E-state index is -0.507. The molecule has 1 unspecified atom stereocenters. The summed E-state index contributed by atoms with van der Waals surface area (Å²) in [4.78, 5) is 13.8. The van der Waals surface area contributed by atoms with Crippen molar-refractivity contribution in [2.24, 2.45) is 5.73 Å². The molecule has 0 radical (unpaired) electrons. The molecule has 2 N–H and O–H groups in total. The van der Waals surface area contributed by atoms with Crippen LogP contribution in [0.3, 0.4) is 0 Å². The molecule has 92 valence electrons. The Hall–Kier alpha value is -1.61. The third kappa shape index (κ3) is 3.43. The molecule has 0 heterocycles. The molecule has 1 aromatic carbocycles. The van der Waals surface area contributed by atoms with E-state index in [9.17, 15) is 4.79 Å². The second-order valence-electron chi connectivity index (χ2n) is 4.05. The van der Waals surface area contributed by atoms with E-state index in [1.54, 1.807) is 11.0 Å². The maximum atomic E-state index is 12.1. The van der Waals surface area contributed by atoms with E-state index in [4.69, 9.17) is 5.73 Å². The highest BCUT2D eigenvalue weighted by molar-refractivity contribution is 5.97. The summed E-state index contributed by atoms with van der Waals surface area (Å²) in [7, 11) is 0. The number of likely N-dealkylation sites (N-methyl/N-ethyl adjacent to an activating group) is 1. The number of carbonyl (C=O) groups excluding carboxylic acids is 1. The van der Waals surface area contributed by atoms with Gasteiger partial charge in [0.1, 0.15) is 0 Å². The van der Waals surface area contributed by atoms with Gasteiger partial charge in [-0.3, -0.25) is 4.79 Å². The van der Waals surface area contributed by atoms with Gasteiger partial charge < -0.3 is 10.6 Å². The van der Waals surface area contributed by atoms with Crippen molar-refractivity contribution in [3.63, 3.8) is 0 Å². The van der Waals surface area contributed by atoms with Crippen LogP contribution in [0.5, 0.6) is 0 Å². The van der Waals surface area contributed by atoms with Crippen molar-refractivity contribution in [1.29, 1.82) is 0 Å². The van der Waals surface area contributed by atoms with Crippen molar-refractivity contribution in [1.82, 2.24) is 0 Å². The summed E-state index contributed by atoms with van der Waals surface area (Å²) in [6, 6.07) is 7.36. The first-order valence-corrected chi connectivity index (χ1v) is 5.84. The Kier molecular flexibility index (Phi) is 4.91. The number of hydrogen-bond donors (Lipinski definition) is 1. The van der Waals surface area contributed by atoms with Gasteiger partial charge in [0, 0.05) is 12.2 Å². The van der Waals surface area contributed by atoms with Gasteiger partial charge >= 0.3 is 0 Å². The van der Waals surface area contributed by atoms with Crippen LogP contribution in [-0.2, 0) is 4.79 Å². The van der Waals surface area contributed by atoms with Gasteiger partial charge in [-0.1, -0.05) is 18.2 Å². The van der Waals surface area contributed by atoms with E-state index in [1.165, 1.54) is 0 Å². The lowest BCUT2D eigenvalue weighted by atomic mass is 10.1. The molecule has 1 amide bonds. The lowest BCUT2D eigenvalue weighted by molar-refractivity contribution is -0.119. The highest BCUT2D eigenvalue weighted by atomic mass is 16.2. The Morgan fingerprint density at radius 2 is 2.29 bits per heavy atom. The Bertz CT molecular complexity index is 401. The smallest absolute Gasteiger partial charge is 0.244 e. The van der Waals surface area contributed by atoms with Gasteiger partial charge in [-0.2, -0.15) is 0 Å². The molecule has 0 saturated heterocycles. The highest BCUT2D eigenvalue weighted by Crippen LogP contribution is 2.16. The normalized spacial score (nSPS) is 11.9. The van der Waals surface area contributed by atoms with E-state index < -0.39 is 6.04 Å². The maximum Gasteiger partial charge on any atom is 0.244 e. The van der Waals surface area contributed by atoms with E-state index in [0.717, 1.165) is 11.3 Å². The van der Waals surface area contributed by atoms with Gasteiger partial charge in [-0.05, 0) is 38.0 Å². The lowest BCUT2D eigenvalue weighted by Gasteiger charge is -2.24. The molecule has 1 rings (SSSR count). The van der Waals surface area contributed by atoms with Gasteiger partial charge in [0.2, 0.25) is 5.91 Å². The molecule has 0 aliphatic rings. The minimum absolute atomic E-state index is 0.0574. The average Bonchev–Trinajstić information content (AvgIpc) is 2.30. The molecule has 0 aromatic heterocycles. The summed E-state index contributed by atoms with van der Waals surface area (Å²) in [5.41, 5.74) is 7.85. The number of carbonyl (C=O) groups is 1. The summed E-state index contributed by atoms with van der Waals surface area (Å²) >= 11 is 0. The summed E-state index contributed by atoms with van der Waals surface area (Å²) in [6.07, 6.45) is 2.17. The minimum Gasteiger partial charge on any atom is -0.320 e. The quantitative estimate of drug-likeness (QED) is 0.791. The number of nitrogens with zero attached hydrogens (tertiary/aromatic N) is 1. The summed E-state index contributed by atoms with van der Waals surface area (Å²) in [6.45, 7) is 8.17. The van der Waals surface area contributed by atoms with Crippen LogP contribution in [0.2, 0.25) is 0 Å². The fourth-order valence-electron chi connectivity index (χ4n) is 1.74. The van der Waals surface area contributed by atoms with Gasteiger partial charge in [-0.15, -0.1) is 6.58 Å². The second-order valence-corrected chi connectivity index (χ2v) is 4.05. The number of aryl methyl sites for hydroxylation is 1. The van der Waals surface area contributed by atoms with Crippen LogP contribution in [0.25, 0.3) is 0 Å². The first-order chi connectivity index (χ1) is 8.10. The van der Waals surface area contributed by atoms with Crippen molar-refractivity contribution < 1.29 is 4.79 Å². The molecule has 0 fully saturated rings. The second kappa shape index (κ2) is 6.21. The van der Waals surface area contributed by atoms with Crippen LogP contribution in [0.1, 0.15) is 18.9 Å². The zero-order valence-corrected chi connectivity index (χ0v) is 10.5. The molecule has 0 aliphatic carbocycles. The first kappa shape index (κ1) is 13.5. The van der Waals surface area contributed by atoms with E-state index >= 15 is 0 Å². The fraction of sp³-hybridized carbons (Fsp3) is 0.357. The predicted molar refractivity (Wildman–Crippen MR) is 72.0 cm³/mol. The molecule has 3 nitrogen and oxygen atoms in total. The topological polar surface area (TPSA) is 46.3 Å². The van der Waals surface area contributed by atoms with Crippen LogP contribution in [0.15, 0.2) is 36.9 Å². The van der Waals surface area contributed by atoms with Crippen molar-refractivity contribution in [3.05, 3.63) is 42.5 Å². The van der Waals surface area contributed by atoms with Gasteiger partial charge in [0.15, 0.2) is 0 Å². The number of benzene rings is 1. The standard InChI is InChI=1S/C14H20N2O/c1-4-7-13(15)14(17)16(5-2)12-9-6-8-11(3)10-12/h4,6,8-10,13H,1,5,7,15H2,2-3H3. The Morgan fingerprint density at radius 3 is 2.82 bits per heavy atom. The van der Waals surface area contributed by atoms with Crippen molar-refractivity contribution >= 4 is 11.6 Å². The monoisotopic (exact) mass is 232 g/mol. The van der Waals surface area contributed by atoms with E-state index in [2.05, 4.69) is 6.58 Å². The number of nitrogens with two attached hydrogens (primary N) is 1. The Balaban J connectivity index is 2.91. The van der Waals surface area contributed by atoms with E-state index in [-0.39, 0.29) is 5.91 Å². The van der Waals surface area contributed by atoms with Crippen LogP contribution in [-0.4, -0.2) is 18.5 Å². The zero-order valence-electron chi connectivity index (χ0n) is 10.5. The van der Waals surface area contributed by atoms with Crippen LogP contribution < -0.4 is 10.6 Å². The first-order valence-electron chi connectivity index (χ1n) is 5.84. The molecule has 3 heteroatoms. The van der Waals surface area contributed by atoms with E-state index in [1.807, 2.05) is 38.1 Å². The van der Waals surface area contributed by atoms with Crippen molar-refractivity contribution in [3.8, 4) is 0 Å². The Morgan fingerprint density at radius 1 is 1.59 bits per heavy atom. The van der Waals surface area contributed by atoms with Gasteiger partial charge in [0.25, 0.3) is 0 Å². The molecule has 1 aromatic rings. The van der Waals surface area contributed by atoms with Crippen molar-refractivity contribution in [2.45, 2.75) is 26.3 Å². The summed E-state index contributed by atoms with van der Waals surface area (Å²) in [5, 5.41) is 0. The van der Waals surface area contributed by atoms with Crippen LogP contribution in [0.4, 0.5) is 5.69 Å². The number of anilines is 1. The van der Waals surface area contributed by atoms with Crippen molar-refractivity contribution in [2.75, 3.05) is 11.4 Å². The molecule has 0 bridgehead atoms. The number of hydrogen-bond acceptors (Lipinski definition) is 2. The third-order valence-corrected chi connectivity index (χ3v) is 2.63. The van der Waals surface area contributed by atoms with Gasteiger partial charge in [0.05, 0.1) is 6.04 Å². The highest BCUT2D eigenvalue weighted by Gasteiger charge is 2.19. The molecular weight excluding hydrogens is 212 g/mol. The Labute approximate surface area is 103 Å². The van der Waals surface area contributed by atoms with Gasteiger partial charge in [-0.25, -0.2) is 0 Å². The number of rotatable bonds is 5. The number of amides is 1. The molecule has 0 spiro atoms. The predicted octanol–water partition coefficient (Wildman–Crippen LogP) is 2.25. The third-order valence-electron chi connectivity index (χ3n) is 2.63. The zero-order chi connectivity index (χ0) is 12.8. The molecule has 0 aliphatic heterocycles. The summed E-state index contributed by atoms with van der Waals surface area (Å²) < 4.78 is 0. The SMILES string of the molecule is C=CCC(N)C(=O)N(CC)c1cccc(C)c1. The fourth-order valence-corrected chi connectivity index (χ4v) is 1.74. The van der Waals surface area contributed by atoms with E-state index in [0.29, 0.717) is 13.0 Å². The lowest BCUT2D eigenvalue weighted by Crippen LogP contribution is -2.43. The molecule has 0 saturated carbocycles. The maximum absolute atomic E-state index is 12.1. The summed E-state index contributed by atoms with van der Waals surface area (Å²) in [5.74, 6) is -0.0574. The van der Waals surface area contributed by atoms with Crippen LogP contribution in [0, 0.1) is 6.92 Å². The molecule has 1 atom stereocenters. The average molecular weight is 232 g/mol. The molecule has 17 heavy (non-hydrogen) atoms. The van der Waals surface area contributed by atoms with Crippen LogP contribution >= 0.6 is 0 Å². The largest absolute Gasteiger partial charge is 0.320 e. The molecular formula is C14H20N2O.